The van der Waals surface area contributed by atoms with Crippen LogP contribution in [-0.4, -0.2) is 45.0 Å². The van der Waals surface area contributed by atoms with Crippen LogP contribution in [0, 0.1) is 10.8 Å². The van der Waals surface area contributed by atoms with Gasteiger partial charge in [0.1, 0.15) is 5.75 Å². The molecule has 1 aliphatic carbocycles. The van der Waals surface area contributed by atoms with Crippen LogP contribution in [0.25, 0.3) is 0 Å². The number of amides is 1. The molecule has 2 aliphatic rings. The topological polar surface area (TPSA) is 75.7 Å². The molecule has 1 saturated heterocycles. The van der Waals surface area contributed by atoms with Crippen molar-refractivity contribution in [2.24, 2.45) is 10.8 Å². The van der Waals surface area contributed by atoms with E-state index < -0.39 is 16.1 Å². The molecule has 2 fully saturated rings. The minimum absolute atomic E-state index is 0.121. The maximum atomic E-state index is 13.0. The van der Waals surface area contributed by atoms with E-state index in [1.807, 2.05) is 4.90 Å². The molecule has 1 aromatic carbocycles. The zero-order chi connectivity index (χ0) is 20.0. The van der Waals surface area contributed by atoms with Crippen molar-refractivity contribution in [3.63, 3.8) is 0 Å². The predicted octanol–water partition coefficient (Wildman–Crippen LogP) is 2.79. The fourth-order valence-corrected chi connectivity index (χ4v) is 6.27. The first kappa shape index (κ1) is 20.1. The SMILES string of the molecule is COc1ccc(S(=O)(=O)NC(C)C(=O)N2CC3(C)CC2CC(C)(C)C3)cc1. The number of ether oxygens (including phenoxy) is 1. The van der Waals surface area contributed by atoms with E-state index in [0.717, 1.165) is 19.3 Å². The van der Waals surface area contributed by atoms with E-state index in [2.05, 4.69) is 25.5 Å². The van der Waals surface area contributed by atoms with Crippen molar-refractivity contribution in [3.8, 4) is 5.75 Å². The van der Waals surface area contributed by atoms with Gasteiger partial charge in [0.05, 0.1) is 18.0 Å². The zero-order valence-corrected chi connectivity index (χ0v) is 17.6. The molecule has 3 rings (SSSR count). The fourth-order valence-electron chi connectivity index (χ4n) is 5.07. The molecule has 1 heterocycles. The Kier molecular flexibility index (Phi) is 5.06. The summed E-state index contributed by atoms with van der Waals surface area (Å²) in [5.74, 6) is 0.441. The second-order valence-corrected chi connectivity index (χ2v) is 10.9. The van der Waals surface area contributed by atoms with Gasteiger partial charge in [0.25, 0.3) is 0 Å². The number of sulfonamides is 1. The Labute approximate surface area is 162 Å². The highest BCUT2D eigenvalue weighted by atomic mass is 32.2. The highest BCUT2D eigenvalue weighted by Crippen LogP contribution is 2.52. The number of hydrogen-bond acceptors (Lipinski definition) is 4. The number of carbonyl (C=O) groups is 1. The third kappa shape index (κ3) is 4.14. The van der Waals surface area contributed by atoms with Crippen molar-refractivity contribution in [1.82, 2.24) is 9.62 Å². The third-order valence-electron chi connectivity index (χ3n) is 5.77. The molecule has 1 aromatic rings. The summed E-state index contributed by atoms with van der Waals surface area (Å²) in [6.07, 6.45) is 3.05. The first-order chi connectivity index (χ1) is 12.4. The van der Waals surface area contributed by atoms with Crippen LogP contribution in [0.2, 0.25) is 0 Å². The number of nitrogens with zero attached hydrogens (tertiary/aromatic N) is 1. The Morgan fingerprint density at radius 1 is 1.22 bits per heavy atom. The van der Waals surface area contributed by atoms with Crippen molar-refractivity contribution in [2.75, 3.05) is 13.7 Å². The summed E-state index contributed by atoms with van der Waals surface area (Å²) in [6.45, 7) is 9.07. The molecular formula is C20H30N2O4S. The number of benzene rings is 1. The van der Waals surface area contributed by atoms with E-state index >= 15 is 0 Å². The van der Waals surface area contributed by atoms with Crippen LogP contribution in [-0.2, 0) is 14.8 Å². The van der Waals surface area contributed by atoms with Gasteiger partial charge in [-0.05, 0) is 61.3 Å². The van der Waals surface area contributed by atoms with Crippen molar-refractivity contribution in [3.05, 3.63) is 24.3 Å². The summed E-state index contributed by atoms with van der Waals surface area (Å²) in [5.41, 5.74) is 0.329. The van der Waals surface area contributed by atoms with Crippen molar-refractivity contribution >= 4 is 15.9 Å². The average Bonchev–Trinajstić information content (AvgIpc) is 2.82. The average molecular weight is 395 g/mol. The predicted molar refractivity (Wildman–Crippen MR) is 104 cm³/mol. The largest absolute Gasteiger partial charge is 0.497 e. The third-order valence-corrected chi connectivity index (χ3v) is 7.33. The van der Waals surface area contributed by atoms with Gasteiger partial charge >= 0.3 is 0 Å². The Morgan fingerprint density at radius 3 is 2.44 bits per heavy atom. The van der Waals surface area contributed by atoms with Crippen LogP contribution in [0.1, 0.15) is 47.0 Å². The maximum absolute atomic E-state index is 13.0. The quantitative estimate of drug-likeness (QED) is 0.833. The van der Waals surface area contributed by atoms with Gasteiger partial charge < -0.3 is 9.64 Å². The summed E-state index contributed by atoms with van der Waals surface area (Å²) in [4.78, 5) is 15.0. The summed E-state index contributed by atoms with van der Waals surface area (Å²) in [6, 6.07) is 5.53. The molecule has 27 heavy (non-hydrogen) atoms. The Hall–Kier alpha value is -1.60. The van der Waals surface area contributed by atoms with Gasteiger partial charge in [-0.2, -0.15) is 4.72 Å². The van der Waals surface area contributed by atoms with E-state index in [9.17, 15) is 13.2 Å². The smallest absolute Gasteiger partial charge is 0.241 e. The number of rotatable bonds is 5. The molecule has 1 N–H and O–H groups in total. The minimum Gasteiger partial charge on any atom is -0.497 e. The van der Waals surface area contributed by atoms with Gasteiger partial charge in [0.2, 0.25) is 15.9 Å². The number of nitrogens with one attached hydrogen (secondary N) is 1. The van der Waals surface area contributed by atoms with E-state index in [1.165, 1.54) is 19.2 Å². The van der Waals surface area contributed by atoms with Gasteiger partial charge in [-0.3, -0.25) is 4.79 Å². The van der Waals surface area contributed by atoms with E-state index in [0.29, 0.717) is 12.3 Å². The molecule has 0 aromatic heterocycles. The minimum atomic E-state index is -3.77. The second-order valence-electron chi connectivity index (χ2n) is 9.20. The lowest BCUT2D eigenvalue weighted by Crippen LogP contribution is -2.48. The molecule has 0 spiro atoms. The normalized spacial score (nSPS) is 28.0. The highest BCUT2D eigenvalue weighted by Gasteiger charge is 2.51. The molecule has 150 valence electrons. The van der Waals surface area contributed by atoms with Crippen LogP contribution < -0.4 is 9.46 Å². The van der Waals surface area contributed by atoms with Gasteiger partial charge in [0.15, 0.2) is 0 Å². The number of carbonyl (C=O) groups excluding carboxylic acids is 1. The van der Waals surface area contributed by atoms with E-state index in [4.69, 9.17) is 4.74 Å². The summed E-state index contributed by atoms with van der Waals surface area (Å²) < 4.78 is 32.9. The van der Waals surface area contributed by atoms with Crippen LogP contribution in [0.3, 0.4) is 0 Å². The Balaban J connectivity index is 1.72. The standard InChI is InChI=1S/C20H30N2O4S/c1-14(21-27(24,25)17-8-6-16(26-5)7-9-17)18(23)22-13-20(4)11-15(22)10-19(2,3)12-20/h6-9,14-15,21H,10-13H2,1-5H3. The molecular weight excluding hydrogens is 364 g/mol. The second kappa shape index (κ2) is 6.78. The molecule has 3 unspecified atom stereocenters. The zero-order valence-electron chi connectivity index (χ0n) is 16.8. The van der Waals surface area contributed by atoms with Gasteiger partial charge in [-0.1, -0.05) is 20.8 Å². The van der Waals surface area contributed by atoms with Gasteiger partial charge in [-0.25, -0.2) is 8.42 Å². The molecule has 6 nitrogen and oxygen atoms in total. The van der Waals surface area contributed by atoms with Crippen LogP contribution in [0.15, 0.2) is 29.2 Å². The maximum Gasteiger partial charge on any atom is 0.241 e. The van der Waals surface area contributed by atoms with Crippen LogP contribution in [0.4, 0.5) is 0 Å². The Bertz CT molecular complexity index is 819. The lowest BCUT2D eigenvalue weighted by Gasteiger charge is -2.39. The molecule has 1 aliphatic heterocycles. The number of fused-ring (bicyclic) bond motifs is 2. The first-order valence-corrected chi connectivity index (χ1v) is 10.9. The van der Waals surface area contributed by atoms with Gasteiger partial charge in [0, 0.05) is 12.6 Å². The molecule has 0 radical (unpaired) electrons. The van der Waals surface area contributed by atoms with Crippen LogP contribution in [0.5, 0.6) is 5.75 Å². The highest BCUT2D eigenvalue weighted by molar-refractivity contribution is 7.89. The lowest BCUT2D eigenvalue weighted by molar-refractivity contribution is -0.133. The van der Waals surface area contributed by atoms with E-state index in [1.54, 1.807) is 19.1 Å². The number of methoxy groups -OCH3 is 1. The van der Waals surface area contributed by atoms with Gasteiger partial charge in [-0.15, -0.1) is 0 Å². The fraction of sp³-hybridized carbons (Fsp3) is 0.650. The first-order valence-electron chi connectivity index (χ1n) is 9.42. The lowest BCUT2D eigenvalue weighted by atomic mass is 9.65. The van der Waals surface area contributed by atoms with Crippen molar-refractivity contribution in [2.45, 2.75) is 63.9 Å². The number of likely N-dealkylation sites (tertiary alicyclic amines) is 1. The molecule has 3 atom stereocenters. The molecule has 1 amide bonds. The molecule has 2 bridgehead atoms. The summed E-state index contributed by atoms with van der Waals surface area (Å²) in [7, 11) is -2.25. The summed E-state index contributed by atoms with van der Waals surface area (Å²) >= 11 is 0. The monoisotopic (exact) mass is 394 g/mol. The summed E-state index contributed by atoms with van der Waals surface area (Å²) in [5, 5.41) is 0. The van der Waals surface area contributed by atoms with Crippen molar-refractivity contribution in [1.29, 1.82) is 0 Å². The van der Waals surface area contributed by atoms with E-state index in [-0.39, 0.29) is 27.7 Å². The van der Waals surface area contributed by atoms with Crippen molar-refractivity contribution < 1.29 is 17.9 Å². The Morgan fingerprint density at radius 2 is 1.85 bits per heavy atom. The number of hydrogen-bond donors (Lipinski definition) is 1. The molecule has 1 saturated carbocycles. The molecule has 7 heteroatoms. The van der Waals surface area contributed by atoms with Crippen LogP contribution >= 0.6 is 0 Å².